The highest BCUT2D eigenvalue weighted by atomic mass is 32.1. The molecule has 2 aromatic heterocycles. The Labute approximate surface area is 164 Å². The number of hydrogen-bond donors (Lipinski definition) is 2. The van der Waals surface area contributed by atoms with Crippen LogP contribution >= 0.6 is 11.3 Å². The maximum atomic E-state index is 9.86. The third kappa shape index (κ3) is 3.98. The Hall–Kier alpha value is -2.02. The van der Waals surface area contributed by atoms with E-state index in [0.29, 0.717) is 6.04 Å². The van der Waals surface area contributed by atoms with Gasteiger partial charge in [0.1, 0.15) is 17.0 Å². The van der Waals surface area contributed by atoms with Crippen LogP contribution < -0.4 is 5.32 Å². The number of hydrogen-bond acceptors (Lipinski definition) is 6. The van der Waals surface area contributed by atoms with Crippen LogP contribution in [0, 0.1) is 0 Å². The summed E-state index contributed by atoms with van der Waals surface area (Å²) in [5, 5.41) is 14.5. The lowest BCUT2D eigenvalue weighted by Crippen LogP contribution is -2.38. The fraction of sp³-hybridized carbons (Fsp3) is 0.429. The number of piperidine rings is 1. The molecule has 3 heterocycles. The zero-order chi connectivity index (χ0) is 18.6. The Morgan fingerprint density at radius 3 is 2.67 bits per heavy atom. The van der Waals surface area contributed by atoms with Crippen molar-refractivity contribution >= 4 is 27.4 Å². The molecule has 0 amide bonds. The third-order valence-electron chi connectivity index (χ3n) is 5.33. The van der Waals surface area contributed by atoms with Crippen molar-refractivity contribution in [2.24, 2.45) is 0 Å². The van der Waals surface area contributed by atoms with Gasteiger partial charge in [0.15, 0.2) is 0 Å². The van der Waals surface area contributed by atoms with Gasteiger partial charge in [-0.2, -0.15) is 0 Å². The van der Waals surface area contributed by atoms with Gasteiger partial charge in [0, 0.05) is 36.1 Å². The number of aliphatic hydroxyl groups excluding tert-OH is 1. The second-order valence-electron chi connectivity index (χ2n) is 7.10. The maximum absolute atomic E-state index is 9.86. The summed E-state index contributed by atoms with van der Waals surface area (Å²) in [6.07, 6.45) is 4.73. The molecule has 5 nitrogen and oxygen atoms in total. The predicted molar refractivity (Wildman–Crippen MR) is 111 cm³/mol. The first-order chi connectivity index (χ1) is 13.3. The lowest BCUT2D eigenvalue weighted by atomic mass is 10.0. The summed E-state index contributed by atoms with van der Waals surface area (Å²) in [4.78, 5) is 13.6. The van der Waals surface area contributed by atoms with Gasteiger partial charge in [-0.1, -0.05) is 37.3 Å². The molecule has 0 aliphatic carbocycles. The van der Waals surface area contributed by atoms with E-state index in [1.807, 2.05) is 0 Å². The van der Waals surface area contributed by atoms with Crippen LogP contribution in [0.4, 0.5) is 5.82 Å². The van der Waals surface area contributed by atoms with E-state index in [2.05, 4.69) is 57.4 Å². The van der Waals surface area contributed by atoms with E-state index in [1.54, 1.807) is 17.7 Å². The zero-order valence-corrected chi connectivity index (χ0v) is 16.5. The minimum atomic E-state index is 0.0424. The summed E-state index contributed by atoms with van der Waals surface area (Å²) in [6.45, 7) is 5.34. The standard InChI is InChI=1S/C21H26N4OS/c1-2-18-17(13-26)19-20(22-14-23-21(19)27-18)24-16-8-10-25(11-9-16)12-15-6-4-3-5-7-15/h3-7,14,16,26H,2,8-13H2,1H3,(H,22,23,24). The molecule has 0 saturated carbocycles. The van der Waals surface area contributed by atoms with Gasteiger partial charge in [0.05, 0.1) is 12.0 Å². The van der Waals surface area contributed by atoms with Crippen LogP contribution in [0.5, 0.6) is 0 Å². The van der Waals surface area contributed by atoms with Crippen LogP contribution in [0.1, 0.15) is 35.8 Å². The topological polar surface area (TPSA) is 61.3 Å². The monoisotopic (exact) mass is 382 g/mol. The minimum Gasteiger partial charge on any atom is -0.392 e. The van der Waals surface area contributed by atoms with Crippen LogP contribution in [-0.2, 0) is 19.6 Å². The van der Waals surface area contributed by atoms with Gasteiger partial charge in [0.25, 0.3) is 0 Å². The van der Waals surface area contributed by atoms with E-state index in [9.17, 15) is 5.11 Å². The molecule has 27 heavy (non-hydrogen) atoms. The molecule has 1 aliphatic rings. The highest BCUT2D eigenvalue weighted by Gasteiger charge is 2.22. The first kappa shape index (κ1) is 18.3. The Morgan fingerprint density at radius 2 is 1.96 bits per heavy atom. The highest BCUT2D eigenvalue weighted by molar-refractivity contribution is 7.18. The number of rotatable bonds is 6. The summed E-state index contributed by atoms with van der Waals surface area (Å²) in [6, 6.07) is 11.1. The number of likely N-dealkylation sites (tertiary alicyclic amines) is 1. The van der Waals surface area contributed by atoms with E-state index >= 15 is 0 Å². The summed E-state index contributed by atoms with van der Waals surface area (Å²) in [5.74, 6) is 0.876. The Bertz CT molecular complexity index is 888. The smallest absolute Gasteiger partial charge is 0.138 e. The van der Waals surface area contributed by atoms with Crippen molar-refractivity contribution in [1.82, 2.24) is 14.9 Å². The first-order valence-electron chi connectivity index (χ1n) is 9.67. The summed E-state index contributed by atoms with van der Waals surface area (Å²) in [5.41, 5.74) is 2.36. The fourth-order valence-corrected chi connectivity index (χ4v) is 4.96. The molecule has 0 unspecified atom stereocenters. The lowest BCUT2D eigenvalue weighted by Gasteiger charge is -2.32. The van der Waals surface area contributed by atoms with Crippen molar-refractivity contribution in [3.05, 3.63) is 52.7 Å². The average Bonchev–Trinajstić information content (AvgIpc) is 3.09. The number of anilines is 1. The van der Waals surface area contributed by atoms with E-state index < -0.39 is 0 Å². The van der Waals surface area contributed by atoms with Gasteiger partial charge in [-0.3, -0.25) is 4.90 Å². The summed E-state index contributed by atoms with van der Waals surface area (Å²) in [7, 11) is 0. The SMILES string of the molecule is CCc1sc2ncnc(NC3CCN(Cc4ccccc4)CC3)c2c1CO. The Morgan fingerprint density at radius 1 is 1.19 bits per heavy atom. The lowest BCUT2D eigenvalue weighted by molar-refractivity contribution is 0.211. The van der Waals surface area contributed by atoms with Crippen molar-refractivity contribution in [2.75, 3.05) is 18.4 Å². The molecular weight excluding hydrogens is 356 g/mol. The molecule has 6 heteroatoms. The van der Waals surface area contributed by atoms with Gasteiger partial charge >= 0.3 is 0 Å². The third-order valence-corrected chi connectivity index (χ3v) is 6.61. The van der Waals surface area contributed by atoms with Gasteiger partial charge in [-0.25, -0.2) is 9.97 Å². The molecule has 1 aromatic carbocycles. The molecule has 0 spiro atoms. The number of aliphatic hydroxyl groups is 1. The van der Waals surface area contributed by atoms with Crippen molar-refractivity contribution in [3.8, 4) is 0 Å². The predicted octanol–water partition coefficient (Wildman–Crippen LogP) is 3.82. The summed E-state index contributed by atoms with van der Waals surface area (Å²) >= 11 is 1.67. The second kappa shape index (κ2) is 8.33. The number of thiophene rings is 1. The highest BCUT2D eigenvalue weighted by Crippen LogP contribution is 2.35. The van der Waals surface area contributed by atoms with Gasteiger partial charge in [-0.15, -0.1) is 11.3 Å². The number of aromatic nitrogens is 2. The molecule has 142 valence electrons. The maximum Gasteiger partial charge on any atom is 0.138 e. The number of benzene rings is 1. The molecule has 1 aliphatic heterocycles. The van der Waals surface area contributed by atoms with E-state index in [0.717, 1.165) is 60.5 Å². The number of nitrogens with zero attached hydrogens (tertiary/aromatic N) is 3. The van der Waals surface area contributed by atoms with Gasteiger partial charge < -0.3 is 10.4 Å². The molecule has 4 rings (SSSR count). The van der Waals surface area contributed by atoms with E-state index in [1.165, 1.54) is 10.4 Å². The number of fused-ring (bicyclic) bond motifs is 1. The quantitative estimate of drug-likeness (QED) is 0.679. The molecule has 2 N–H and O–H groups in total. The largest absolute Gasteiger partial charge is 0.392 e. The van der Waals surface area contributed by atoms with Gasteiger partial charge in [0.2, 0.25) is 0 Å². The van der Waals surface area contributed by atoms with Crippen molar-refractivity contribution < 1.29 is 5.11 Å². The van der Waals surface area contributed by atoms with Crippen LogP contribution in [-0.4, -0.2) is 39.1 Å². The summed E-state index contributed by atoms with van der Waals surface area (Å²) < 4.78 is 0. The molecule has 1 saturated heterocycles. The van der Waals surface area contributed by atoms with Crippen LogP contribution in [0.3, 0.4) is 0 Å². The number of aryl methyl sites for hydroxylation is 1. The Kier molecular flexibility index (Phi) is 5.66. The Balaban J connectivity index is 1.44. The molecule has 0 bridgehead atoms. The molecule has 0 radical (unpaired) electrons. The molecular formula is C21H26N4OS. The van der Waals surface area contributed by atoms with Crippen molar-refractivity contribution in [2.45, 2.75) is 45.4 Å². The van der Waals surface area contributed by atoms with Crippen LogP contribution in [0.15, 0.2) is 36.7 Å². The molecule has 3 aromatic rings. The van der Waals surface area contributed by atoms with Crippen LogP contribution in [0.2, 0.25) is 0 Å². The minimum absolute atomic E-state index is 0.0424. The molecule has 1 fully saturated rings. The average molecular weight is 383 g/mol. The van der Waals surface area contributed by atoms with Crippen molar-refractivity contribution in [1.29, 1.82) is 0 Å². The van der Waals surface area contributed by atoms with E-state index in [-0.39, 0.29) is 6.61 Å². The van der Waals surface area contributed by atoms with Crippen molar-refractivity contribution in [3.63, 3.8) is 0 Å². The van der Waals surface area contributed by atoms with E-state index in [4.69, 9.17) is 0 Å². The first-order valence-corrected chi connectivity index (χ1v) is 10.5. The van der Waals surface area contributed by atoms with Crippen LogP contribution in [0.25, 0.3) is 10.2 Å². The fourth-order valence-electron chi connectivity index (χ4n) is 3.87. The normalized spacial score (nSPS) is 16.1. The molecule has 0 atom stereocenters. The zero-order valence-electron chi connectivity index (χ0n) is 15.7. The second-order valence-corrected chi connectivity index (χ2v) is 8.18. The van der Waals surface area contributed by atoms with Gasteiger partial charge in [-0.05, 0) is 24.8 Å². The number of nitrogens with one attached hydrogen (secondary N) is 1.